The lowest BCUT2D eigenvalue weighted by molar-refractivity contribution is -0.144. The van der Waals surface area contributed by atoms with E-state index in [0.717, 1.165) is 27.8 Å². The molecule has 0 fully saturated rings. The lowest BCUT2D eigenvalue weighted by Crippen LogP contribution is -2.34. The van der Waals surface area contributed by atoms with E-state index in [4.69, 9.17) is 15.2 Å². The summed E-state index contributed by atoms with van der Waals surface area (Å²) in [4.78, 5) is 15.0. The fourth-order valence-electron chi connectivity index (χ4n) is 2.73. The van der Waals surface area contributed by atoms with E-state index in [1.165, 1.54) is 0 Å². The molecular formula is C20H23ClN2O3. The van der Waals surface area contributed by atoms with Crippen molar-refractivity contribution in [3.8, 4) is 5.75 Å². The molecular weight excluding hydrogens is 352 g/mol. The van der Waals surface area contributed by atoms with Crippen LogP contribution < -0.4 is 10.5 Å². The maximum atomic E-state index is 11.7. The van der Waals surface area contributed by atoms with Gasteiger partial charge in [-0.15, -0.1) is 12.4 Å². The predicted octanol–water partition coefficient (Wildman–Crippen LogP) is 3.60. The highest BCUT2D eigenvalue weighted by atomic mass is 35.5. The largest absolute Gasteiger partial charge is 0.489 e. The van der Waals surface area contributed by atoms with Crippen molar-refractivity contribution in [2.75, 3.05) is 6.61 Å². The van der Waals surface area contributed by atoms with Crippen molar-refractivity contribution >= 4 is 29.3 Å². The Bertz CT molecular complexity index is 849. The average Bonchev–Trinajstić information content (AvgIpc) is 3.03. The van der Waals surface area contributed by atoms with Crippen LogP contribution in [0, 0.1) is 0 Å². The predicted molar refractivity (Wildman–Crippen MR) is 105 cm³/mol. The third-order valence-electron chi connectivity index (χ3n) is 4.02. The van der Waals surface area contributed by atoms with E-state index in [1.54, 1.807) is 6.92 Å². The number of rotatable bonds is 7. The van der Waals surface area contributed by atoms with E-state index in [9.17, 15) is 4.79 Å². The maximum absolute atomic E-state index is 11.7. The Morgan fingerprint density at radius 1 is 1.19 bits per heavy atom. The minimum absolute atomic E-state index is 0. The van der Waals surface area contributed by atoms with Gasteiger partial charge in [0.05, 0.1) is 6.61 Å². The third kappa shape index (κ3) is 4.77. The van der Waals surface area contributed by atoms with Crippen molar-refractivity contribution in [3.63, 3.8) is 0 Å². The van der Waals surface area contributed by atoms with Crippen molar-refractivity contribution in [1.82, 2.24) is 4.98 Å². The molecule has 2 aromatic carbocycles. The highest BCUT2D eigenvalue weighted by molar-refractivity contribution is 5.86. The molecule has 0 aliphatic heterocycles. The van der Waals surface area contributed by atoms with Crippen LogP contribution in [0.1, 0.15) is 18.1 Å². The van der Waals surface area contributed by atoms with Gasteiger partial charge in [-0.3, -0.25) is 4.79 Å². The number of H-pyrrole nitrogens is 1. The first-order chi connectivity index (χ1) is 12.2. The Labute approximate surface area is 158 Å². The molecule has 0 unspecified atom stereocenters. The number of carbonyl (C=O) groups excluding carboxylic acids is 1. The number of nitrogens with one attached hydrogen (secondary N) is 1. The number of esters is 1. The van der Waals surface area contributed by atoms with Crippen LogP contribution in [-0.4, -0.2) is 23.6 Å². The van der Waals surface area contributed by atoms with Gasteiger partial charge in [-0.2, -0.15) is 0 Å². The summed E-state index contributed by atoms with van der Waals surface area (Å²) in [5.74, 6) is 0.398. The first kappa shape index (κ1) is 19.8. The number of fused-ring (bicyclic) bond motifs is 1. The highest BCUT2D eigenvalue weighted by Gasteiger charge is 2.17. The zero-order valence-electron chi connectivity index (χ0n) is 14.6. The maximum Gasteiger partial charge on any atom is 0.323 e. The number of carbonyl (C=O) groups is 1. The van der Waals surface area contributed by atoms with Crippen molar-refractivity contribution in [3.05, 3.63) is 65.9 Å². The Morgan fingerprint density at radius 2 is 1.96 bits per heavy atom. The lowest BCUT2D eigenvalue weighted by atomic mass is 10.1. The first-order valence-corrected chi connectivity index (χ1v) is 8.36. The molecule has 6 heteroatoms. The highest BCUT2D eigenvalue weighted by Crippen LogP contribution is 2.25. The summed E-state index contributed by atoms with van der Waals surface area (Å²) < 4.78 is 10.9. The van der Waals surface area contributed by atoms with Crippen LogP contribution >= 0.6 is 12.4 Å². The minimum Gasteiger partial charge on any atom is -0.489 e. The molecule has 0 aliphatic rings. The molecule has 0 bridgehead atoms. The summed E-state index contributed by atoms with van der Waals surface area (Å²) >= 11 is 0. The van der Waals surface area contributed by atoms with Gasteiger partial charge in [0.15, 0.2) is 0 Å². The second-order valence-electron chi connectivity index (χ2n) is 5.86. The van der Waals surface area contributed by atoms with E-state index in [0.29, 0.717) is 19.6 Å². The second kappa shape index (κ2) is 9.27. The van der Waals surface area contributed by atoms with E-state index in [-0.39, 0.29) is 18.4 Å². The number of hydrogen-bond donors (Lipinski definition) is 2. The monoisotopic (exact) mass is 374 g/mol. The number of aromatic amines is 1. The van der Waals surface area contributed by atoms with Gasteiger partial charge in [0.25, 0.3) is 0 Å². The molecule has 138 valence electrons. The summed E-state index contributed by atoms with van der Waals surface area (Å²) in [6, 6.07) is 15.2. The van der Waals surface area contributed by atoms with Gasteiger partial charge < -0.3 is 20.2 Å². The zero-order valence-corrected chi connectivity index (χ0v) is 15.4. The van der Waals surface area contributed by atoms with Crippen molar-refractivity contribution in [2.45, 2.75) is 26.0 Å². The van der Waals surface area contributed by atoms with Crippen LogP contribution in [0.15, 0.2) is 54.7 Å². The van der Waals surface area contributed by atoms with Gasteiger partial charge in [-0.05, 0) is 36.2 Å². The first-order valence-electron chi connectivity index (χ1n) is 8.36. The molecule has 3 N–H and O–H groups in total. The van der Waals surface area contributed by atoms with Gasteiger partial charge in [0.2, 0.25) is 0 Å². The average molecular weight is 375 g/mol. The SMILES string of the molecule is CCOC(=O)[C@@H](N)Cc1c[nH]c2ccc(OCc3ccccc3)cc12.Cl. The standard InChI is InChI=1S/C20H22N2O3.ClH/c1-2-24-20(23)18(21)10-15-12-22-19-9-8-16(11-17(15)19)25-13-14-6-4-3-5-7-14;/h3-9,11-12,18,22H,2,10,13,21H2,1H3;1H/t18-;/m0./s1. The van der Waals surface area contributed by atoms with Crippen LogP contribution in [0.25, 0.3) is 10.9 Å². The molecule has 0 radical (unpaired) electrons. The lowest BCUT2D eigenvalue weighted by Gasteiger charge is -2.10. The van der Waals surface area contributed by atoms with Gasteiger partial charge in [0, 0.05) is 23.5 Å². The molecule has 0 aliphatic carbocycles. The molecule has 5 nitrogen and oxygen atoms in total. The number of ether oxygens (including phenoxy) is 2. The summed E-state index contributed by atoms with van der Waals surface area (Å²) in [6.45, 7) is 2.61. The van der Waals surface area contributed by atoms with Crippen molar-refractivity contribution in [1.29, 1.82) is 0 Å². The number of hydrogen-bond acceptors (Lipinski definition) is 4. The van der Waals surface area contributed by atoms with Gasteiger partial charge in [-0.25, -0.2) is 0 Å². The molecule has 1 aromatic heterocycles. The van der Waals surface area contributed by atoms with E-state index >= 15 is 0 Å². The van der Waals surface area contributed by atoms with Crippen LogP contribution in [0.5, 0.6) is 5.75 Å². The van der Waals surface area contributed by atoms with Gasteiger partial charge in [0.1, 0.15) is 18.4 Å². The Balaban J connectivity index is 0.00000243. The normalized spacial score (nSPS) is 11.6. The number of benzene rings is 2. The van der Waals surface area contributed by atoms with E-state index < -0.39 is 6.04 Å². The number of aromatic nitrogens is 1. The fourth-order valence-corrected chi connectivity index (χ4v) is 2.73. The number of nitrogens with two attached hydrogens (primary N) is 1. The summed E-state index contributed by atoms with van der Waals surface area (Å²) in [5.41, 5.74) is 9.01. The summed E-state index contributed by atoms with van der Waals surface area (Å²) in [5, 5.41) is 1.00. The number of halogens is 1. The Hall–Kier alpha value is -2.50. The smallest absolute Gasteiger partial charge is 0.323 e. The van der Waals surface area contributed by atoms with Crippen molar-refractivity contribution < 1.29 is 14.3 Å². The minimum atomic E-state index is -0.673. The molecule has 1 atom stereocenters. The Morgan fingerprint density at radius 3 is 2.69 bits per heavy atom. The van der Waals surface area contributed by atoms with E-state index in [2.05, 4.69) is 4.98 Å². The van der Waals surface area contributed by atoms with Crippen LogP contribution in [-0.2, 0) is 22.6 Å². The van der Waals surface area contributed by atoms with Crippen LogP contribution in [0.4, 0.5) is 0 Å². The molecule has 0 amide bonds. The second-order valence-corrected chi connectivity index (χ2v) is 5.86. The van der Waals surface area contributed by atoms with Crippen LogP contribution in [0.3, 0.4) is 0 Å². The summed E-state index contributed by atoms with van der Waals surface area (Å²) in [7, 11) is 0. The molecule has 1 heterocycles. The zero-order chi connectivity index (χ0) is 17.6. The van der Waals surface area contributed by atoms with Gasteiger partial charge >= 0.3 is 5.97 Å². The quantitative estimate of drug-likeness (QED) is 0.619. The van der Waals surface area contributed by atoms with E-state index in [1.807, 2.05) is 54.7 Å². The Kier molecular flexibility index (Phi) is 7.06. The topological polar surface area (TPSA) is 77.3 Å². The molecule has 0 saturated carbocycles. The van der Waals surface area contributed by atoms with Crippen LogP contribution in [0.2, 0.25) is 0 Å². The molecule has 26 heavy (non-hydrogen) atoms. The van der Waals surface area contributed by atoms with Crippen molar-refractivity contribution in [2.24, 2.45) is 5.73 Å². The third-order valence-corrected chi connectivity index (χ3v) is 4.02. The molecule has 0 spiro atoms. The summed E-state index contributed by atoms with van der Waals surface area (Å²) in [6.07, 6.45) is 2.30. The molecule has 3 rings (SSSR count). The molecule has 0 saturated heterocycles. The molecule has 3 aromatic rings. The van der Waals surface area contributed by atoms with Gasteiger partial charge in [-0.1, -0.05) is 30.3 Å². The fraction of sp³-hybridized carbons (Fsp3) is 0.250.